The number of ether oxygens (including phenoxy) is 1. The Morgan fingerprint density at radius 3 is 2.54 bits per heavy atom. The lowest BCUT2D eigenvalue weighted by molar-refractivity contribution is 0.103. The first-order chi connectivity index (χ1) is 18.6. The quantitative estimate of drug-likeness (QED) is 0.350. The number of carbonyl (C=O) groups is 2. The van der Waals surface area contributed by atoms with Crippen molar-refractivity contribution in [2.24, 2.45) is 5.10 Å². The van der Waals surface area contributed by atoms with Crippen molar-refractivity contribution in [3.63, 3.8) is 0 Å². The second-order valence-electron chi connectivity index (χ2n) is 10.7. The molecule has 0 spiro atoms. The molecule has 0 aliphatic carbocycles. The van der Waals surface area contributed by atoms with Gasteiger partial charge in [-0.05, 0) is 62.0 Å². The number of rotatable bonds is 7. The summed E-state index contributed by atoms with van der Waals surface area (Å²) in [7, 11) is 0. The molecule has 0 saturated heterocycles. The third kappa shape index (κ3) is 6.36. The minimum absolute atomic E-state index is 0.0742. The van der Waals surface area contributed by atoms with Crippen molar-refractivity contribution in [3.05, 3.63) is 64.7 Å². The molecule has 2 aliphatic rings. The second kappa shape index (κ2) is 12.2. The fourth-order valence-corrected chi connectivity index (χ4v) is 6.08. The number of fused-ring (bicyclic) bond motifs is 1. The lowest BCUT2D eigenvalue weighted by Crippen LogP contribution is -2.41. The average molecular weight is 567 g/mol. The number of hydrazone groups is 1. The summed E-state index contributed by atoms with van der Waals surface area (Å²) < 4.78 is 5.40. The van der Waals surface area contributed by atoms with E-state index in [1.54, 1.807) is 0 Å². The van der Waals surface area contributed by atoms with Gasteiger partial charge in [-0.15, -0.1) is 5.01 Å². The maximum Gasteiger partial charge on any atom is 0.438 e. The molecule has 0 radical (unpaired) electrons. The fourth-order valence-electron chi connectivity index (χ4n) is 4.94. The Morgan fingerprint density at radius 1 is 1.18 bits per heavy atom. The van der Waals surface area contributed by atoms with Crippen LogP contribution in [0.5, 0.6) is 0 Å². The van der Waals surface area contributed by atoms with Crippen LogP contribution in [-0.4, -0.2) is 70.0 Å². The number of amides is 2. The van der Waals surface area contributed by atoms with Crippen molar-refractivity contribution in [2.45, 2.75) is 58.6 Å². The Morgan fingerprint density at radius 2 is 1.87 bits per heavy atom. The van der Waals surface area contributed by atoms with Gasteiger partial charge in [-0.3, -0.25) is 4.79 Å². The van der Waals surface area contributed by atoms with E-state index in [0.29, 0.717) is 12.3 Å². The molecule has 1 atom stereocenters. The molecular weight excluding hydrogens is 528 g/mol. The van der Waals surface area contributed by atoms with E-state index in [1.165, 1.54) is 11.1 Å². The molecule has 9 heteroatoms. The zero-order chi connectivity index (χ0) is 28.3. The minimum atomic E-state index is -0.739. The third-order valence-corrected chi connectivity index (χ3v) is 8.97. The first kappa shape index (κ1) is 29.2. The van der Waals surface area contributed by atoms with Gasteiger partial charge < -0.3 is 14.5 Å². The highest BCUT2D eigenvalue weighted by Crippen LogP contribution is 2.41. The summed E-state index contributed by atoms with van der Waals surface area (Å²) in [5, 5.41) is 4.75. The van der Waals surface area contributed by atoms with Gasteiger partial charge in [-0.25, -0.2) is 4.79 Å². The van der Waals surface area contributed by atoms with Gasteiger partial charge in [0, 0.05) is 24.3 Å². The predicted molar refractivity (Wildman–Crippen MR) is 164 cm³/mol. The highest BCUT2D eigenvalue weighted by molar-refractivity contribution is 8.14. The monoisotopic (exact) mass is 566 g/mol. The number of aryl methyl sites for hydroxylation is 1. The SMILES string of the molecule is CCN(CC)CCOC(=O)N1N=C(c2ccc3c(c2)C(C)(C)CCN3C(=S)c2ccc(C)cc2)C(C)SC1=O. The molecule has 4 rings (SSSR count). The van der Waals surface area contributed by atoms with Crippen LogP contribution in [0.1, 0.15) is 63.3 Å². The molecular formula is C30H38N4O3S2. The lowest BCUT2D eigenvalue weighted by atomic mass is 9.76. The number of imide groups is 1. The van der Waals surface area contributed by atoms with E-state index in [1.807, 2.05) is 13.0 Å². The molecule has 2 aromatic rings. The normalized spacial score (nSPS) is 18.6. The molecule has 7 nitrogen and oxygen atoms in total. The van der Waals surface area contributed by atoms with Gasteiger partial charge in [0.05, 0.1) is 11.0 Å². The average Bonchev–Trinajstić information content (AvgIpc) is 2.91. The number of thiocarbonyl (C=S) groups is 1. The Bertz CT molecular complexity index is 1270. The van der Waals surface area contributed by atoms with E-state index in [-0.39, 0.29) is 17.3 Å². The van der Waals surface area contributed by atoms with Gasteiger partial charge in [0.1, 0.15) is 11.6 Å². The standard InChI is InChI=1S/C30H38N4O3S2/c1-7-32(8-2)17-18-37-28(35)34-29(36)39-21(4)26(31-34)23-13-14-25-24(19-23)30(5,6)15-16-33(25)27(38)22-11-9-20(3)10-12-22/h9-14,19,21H,7-8,15-18H2,1-6H3. The molecule has 2 amide bonds. The Kier molecular flexibility index (Phi) is 9.14. The van der Waals surface area contributed by atoms with E-state index >= 15 is 0 Å². The second-order valence-corrected chi connectivity index (χ2v) is 12.3. The van der Waals surface area contributed by atoms with Crippen molar-refractivity contribution in [3.8, 4) is 0 Å². The summed E-state index contributed by atoms with van der Waals surface area (Å²) in [5.41, 5.74) is 5.98. The van der Waals surface area contributed by atoms with Crippen LogP contribution in [-0.2, 0) is 10.2 Å². The largest absolute Gasteiger partial charge is 0.446 e. The van der Waals surface area contributed by atoms with Crippen LogP contribution in [0.4, 0.5) is 15.3 Å². The number of nitrogens with zero attached hydrogens (tertiary/aromatic N) is 4. The summed E-state index contributed by atoms with van der Waals surface area (Å²) in [6, 6.07) is 14.6. The summed E-state index contributed by atoms with van der Waals surface area (Å²) >= 11 is 7.02. The van der Waals surface area contributed by atoms with Crippen molar-refractivity contribution < 1.29 is 14.3 Å². The van der Waals surface area contributed by atoms with E-state index < -0.39 is 11.3 Å². The maximum atomic E-state index is 12.8. The zero-order valence-electron chi connectivity index (χ0n) is 23.7. The Balaban J connectivity index is 1.62. The van der Waals surface area contributed by atoms with Gasteiger partial charge in [0.2, 0.25) is 0 Å². The number of likely N-dealkylation sites (N-methyl/N-ethyl adjacent to an activating group) is 1. The molecule has 2 aromatic carbocycles. The van der Waals surface area contributed by atoms with E-state index in [0.717, 1.165) is 64.6 Å². The van der Waals surface area contributed by atoms with Gasteiger partial charge >= 0.3 is 11.3 Å². The van der Waals surface area contributed by atoms with Gasteiger partial charge in [0.15, 0.2) is 0 Å². The predicted octanol–water partition coefficient (Wildman–Crippen LogP) is 6.60. The molecule has 2 heterocycles. The summed E-state index contributed by atoms with van der Waals surface area (Å²) in [6.07, 6.45) is 0.201. The number of thioether (sulfide) groups is 1. The van der Waals surface area contributed by atoms with Crippen LogP contribution >= 0.6 is 24.0 Å². The molecule has 0 N–H and O–H groups in total. The van der Waals surface area contributed by atoms with Crippen LogP contribution in [0.15, 0.2) is 47.6 Å². The first-order valence-electron chi connectivity index (χ1n) is 13.6. The van der Waals surface area contributed by atoms with Gasteiger partial charge in [-0.2, -0.15) is 5.10 Å². The summed E-state index contributed by atoms with van der Waals surface area (Å²) in [5.74, 6) is 0. The Labute approximate surface area is 241 Å². The van der Waals surface area contributed by atoms with E-state index in [4.69, 9.17) is 17.0 Å². The number of hydrogen-bond donors (Lipinski definition) is 0. The number of benzene rings is 2. The maximum absolute atomic E-state index is 12.8. The van der Waals surface area contributed by atoms with Gasteiger partial charge in [-0.1, -0.05) is 87.6 Å². The highest BCUT2D eigenvalue weighted by atomic mass is 32.2. The fraction of sp³-hybridized carbons (Fsp3) is 0.467. The molecule has 39 heavy (non-hydrogen) atoms. The van der Waals surface area contributed by atoms with Crippen molar-refractivity contribution in [1.29, 1.82) is 0 Å². The molecule has 1 unspecified atom stereocenters. The van der Waals surface area contributed by atoms with Crippen LogP contribution in [0.25, 0.3) is 0 Å². The Hall–Kier alpha value is -2.75. The van der Waals surface area contributed by atoms with Crippen LogP contribution in [0.3, 0.4) is 0 Å². The smallest absolute Gasteiger partial charge is 0.438 e. The van der Waals surface area contributed by atoms with Crippen LogP contribution in [0, 0.1) is 6.92 Å². The molecule has 0 fully saturated rings. The van der Waals surface area contributed by atoms with E-state index in [9.17, 15) is 9.59 Å². The lowest BCUT2D eigenvalue weighted by Gasteiger charge is -2.41. The van der Waals surface area contributed by atoms with Crippen molar-refractivity contribution in [1.82, 2.24) is 9.91 Å². The topological polar surface area (TPSA) is 65.5 Å². The molecule has 2 aliphatic heterocycles. The first-order valence-corrected chi connectivity index (χ1v) is 14.9. The summed E-state index contributed by atoms with van der Waals surface area (Å²) in [4.78, 5) is 30.7. The number of carbonyl (C=O) groups excluding carboxylic acids is 2. The van der Waals surface area contributed by atoms with Crippen molar-refractivity contribution in [2.75, 3.05) is 37.7 Å². The molecule has 0 bridgehead atoms. The zero-order valence-corrected chi connectivity index (χ0v) is 25.3. The minimum Gasteiger partial charge on any atom is -0.446 e. The van der Waals surface area contributed by atoms with E-state index in [2.05, 4.69) is 85.9 Å². The van der Waals surface area contributed by atoms with Crippen molar-refractivity contribution >= 4 is 51.7 Å². The van der Waals surface area contributed by atoms with Crippen LogP contribution < -0.4 is 4.90 Å². The number of anilines is 1. The third-order valence-electron chi connectivity index (χ3n) is 7.56. The molecule has 208 valence electrons. The molecule has 0 aromatic heterocycles. The highest BCUT2D eigenvalue weighted by Gasteiger charge is 2.36. The van der Waals surface area contributed by atoms with Crippen LogP contribution in [0.2, 0.25) is 0 Å². The number of hydrogen-bond acceptors (Lipinski definition) is 7. The summed E-state index contributed by atoms with van der Waals surface area (Å²) in [6.45, 7) is 16.0. The molecule has 0 saturated carbocycles. The van der Waals surface area contributed by atoms with Gasteiger partial charge in [0.25, 0.3) is 0 Å².